The minimum Gasteiger partial charge on any atom is -0.496 e. The molecule has 3 rings (SSSR count). The van der Waals surface area contributed by atoms with Crippen molar-refractivity contribution in [3.8, 4) is 17.2 Å². The van der Waals surface area contributed by atoms with Crippen molar-refractivity contribution in [1.29, 1.82) is 0 Å². The molecule has 1 aromatic carbocycles. The first-order valence-corrected chi connectivity index (χ1v) is 8.31. The van der Waals surface area contributed by atoms with E-state index in [1.807, 2.05) is 25.2 Å². The van der Waals surface area contributed by atoms with Crippen LogP contribution in [-0.2, 0) is 32.7 Å². The summed E-state index contributed by atoms with van der Waals surface area (Å²) in [6.07, 6.45) is 11.2. The Balaban J connectivity index is 0.00000243. The van der Waals surface area contributed by atoms with Gasteiger partial charge in [0.2, 0.25) is 5.78 Å². The summed E-state index contributed by atoms with van der Waals surface area (Å²) in [7, 11) is 2.99. The molecule has 6 heteroatoms. The van der Waals surface area contributed by atoms with E-state index in [0.717, 1.165) is 0 Å². The zero-order valence-electron chi connectivity index (χ0n) is 15.0. The van der Waals surface area contributed by atoms with Crippen molar-refractivity contribution < 1.29 is 51.7 Å². The van der Waals surface area contributed by atoms with Crippen LogP contribution in [0.15, 0.2) is 35.9 Å². The van der Waals surface area contributed by atoms with Crippen LogP contribution in [0.5, 0.6) is 17.2 Å². The van der Waals surface area contributed by atoms with Gasteiger partial charge >= 0.3 is 0 Å². The topological polar surface area (TPSA) is 44.8 Å². The summed E-state index contributed by atoms with van der Waals surface area (Å²) in [6.45, 7) is 5.93. The molecule has 26 heavy (non-hydrogen) atoms. The van der Waals surface area contributed by atoms with Gasteiger partial charge in [0.25, 0.3) is 0 Å². The number of hydrogen-bond acceptors (Lipinski definition) is 4. The molecule has 2 atom stereocenters. The van der Waals surface area contributed by atoms with Gasteiger partial charge in [0.1, 0.15) is 22.1 Å². The molecule has 2 aliphatic rings. The average molecular weight is 448 g/mol. The molecule has 135 valence electrons. The van der Waals surface area contributed by atoms with Crippen LogP contribution in [0, 0.1) is 18.9 Å². The quantitative estimate of drug-likeness (QED) is 0.643. The van der Waals surface area contributed by atoms with E-state index >= 15 is 0 Å². The third kappa shape index (κ3) is 3.17. The van der Waals surface area contributed by atoms with Crippen LogP contribution in [0.3, 0.4) is 0 Å². The number of halogens is 1. The Labute approximate surface area is 184 Å². The number of ketones is 1. The van der Waals surface area contributed by atoms with Crippen LogP contribution >= 0.6 is 11.6 Å². The van der Waals surface area contributed by atoms with Gasteiger partial charge in [0.15, 0.2) is 11.4 Å². The van der Waals surface area contributed by atoms with Crippen molar-refractivity contribution in [2.75, 3.05) is 14.2 Å². The van der Waals surface area contributed by atoms with Crippen LogP contribution in [0.25, 0.3) is 0 Å². The van der Waals surface area contributed by atoms with Crippen molar-refractivity contribution in [1.82, 2.24) is 0 Å². The first-order chi connectivity index (χ1) is 12.0. The molecule has 0 amide bonds. The van der Waals surface area contributed by atoms with Gasteiger partial charge in [-0.1, -0.05) is 24.6 Å². The number of benzene rings is 1. The molecule has 4 nitrogen and oxygen atoms in total. The average Bonchev–Trinajstić information content (AvgIpc) is 2.77. The van der Waals surface area contributed by atoms with Crippen molar-refractivity contribution in [3.63, 3.8) is 0 Å². The van der Waals surface area contributed by atoms with Gasteiger partial charge in [-0.15, -0.1) is 17.6 Å². The molecule has 1 aliphatic heterocycles. The van der Waals surface area contributed by atoms with Crippen molar-refractivity contribution >= 4 is 17.4 Å². The Morgan fingerprint density at radius 2 is 2.00 bits per heavy atom. The Morgan fingerprint density at radius 1 is 1.31 bits per heavy atom. The molecular formula is C20H19ClO4Y-2. The summed E-state index contributed by atoms with van der Waals surface area (Å²) in [5.41, 5.74) is -0.251. The minimum atomic E-state index is -1.27. The maximum atomic E-state index is 13.4. The fourth-order valence-corrected chi connectivity index (χ4v) is 3.47. The van der Waals surface area contributed by atoms with Gasteiger partial charge in [-0.2, -0.15) is 0 Å². The van der Waals surface area contributed by atoms with E-state index < -0.39 is 5.60 Å². The van der Waals surface area contributed by atoms with E-state index in [2.05, 4.69) is 13.0 Å². The molecule has 0 fully saturated rings. The van der Waals surface area contributed by atoms with E-state index in [1.54, 1.807) is 12.1 Å². The monoisotopic (exact) mass is 447 g/mol. The van der Waals surface area contributed by atoms with Crippen LogP contribution in [0.2, 0.25) is 5.02 Å². The van der Waals surface area contributed by atoms with Crippen molar-refractivity contribution in [3.05, 3.63) is 59.5 Å². The summed E-state index contributed by atoms with van der Waals surface area (Å²) in [6, 6.07) is 1.59. The number of carbonyl (C=O) groups excluding carboxylic acids is 1. The molecule has 0 N–H and O–H groups in total. The molecule has 0 bridgehead atoms. The largest absolute Gasteiger partial charge is 0.496 e. The number of ether oxygens (including phenoxy) is 3. The Hall–Kier alpha value is -1.10. The number of rotatable bonds is 4. The third-order valence-corrected chi connectivity index (χ3v) is 4.84. The van der Waals surface area contributed by atoms with Gasteiger partial charge in [-0.25, -0.2) is 18.2 Å². The second-order valence-corrected chi connectivity index (χ2v) is 6.36. The van der Waals surface area contributed by atoms with Crippen LogP contribution < -0.4 is 14.2 Å². The van der Waals surface area contributed by atoms with Gasteiger partial charge in [0, 0.05) is 38.8 Å². The van der Waals surface area contributed by atoms with Crippen molar-refractivity contribution in [2.24, 2.45) is 5.92 Å². The molecule has 0 spiro atoms. The first kappa shape index (κ1) is 21.2. The molecule has 1 radical (unpaired) electrons. The predicted octanol–water partition coefficient (Wildman–Crippen LogP) is 4.38. The number of fused-ring (bicyclic) bond motifs is 1. The number of carbonyl (C=O) groups is 1. The maximum absolute atomic E-state index is 13.4. The molecule has 1 aliphatic carbocycles. The summed E-state index contributed by atoms with van der Waals surface area (Å²) in [5.74, 6) is 0.421. The van der Waals surface area contributed by atoms with Gasteiger partial charge in [-0.05, 0) is 6.42 Å². The Bertz CT molecular complexity index is 811. The first-order valence-electron chi connectivity index (χ1n) is 7.93. The number of Topliss-reactive ketones (excluding diaryl/α,β-unsaturated/α-hetero) is 1. The summed E-state index contributed by atoms with van der Waals surface area (Å²) >= 11 is 6.42. The second kappa shape index (κ2) is 8.29. The Morgan fingerprint density at radius 3 is 2.62 bits per heavy atom. The number of hydrogen-bond donors (Lipinski definition) is 0. The van der Waals surface area contributed by atoms with Crippen LogP contribution in [0.4, 0.5) is 0 Å². The zero-order chi connectivity index (χ0) is 18.2. The molecular weight excluding hydrogens is 429 g/mol. The van der Waals surface area contributed by atoms with E-state index in [9.17, 15) is 4.79 Å². The van der Waals surface area contributed by atoms with E-state index in [1.165, 1.54) is 14.2 Å². The fraction of sp³-hybridized carbons (Fsp3) is 0.300. The molecule has 0 saturated carbocycles. The van der Waals surface area contributed by atoms with Crippen LogP contribution in [-0.4, -0.2) is 25.6 Å². The SMILES string of the molecule is [CH2-][C@@H](C)[C@@]1(C2=[C-]C=CC=CC2)Oc2c(Cl)c(OC)cc(OC)c2C1=O.[Y]. The zero-order valence-corrected chi connectivity index (χ0v) is 18.6. The number of methoxy groups -OCH3 is 2. The van der Waals surface area contributed by atoms with Gasteiger partial charge in [-0.3, -0.25) is 4.79 Å². The van der Waals surface area contributed by atoms with E-state index in [4.69, 9.17) is 25.8 Å². The molecule has 0 unspecified atom stereocenters. The van der Waals surface area contributed by atoms with Crippen molar-refractivity contribution in [2.45, 2.75) is 18.9 Å². The molecule has 0 aromatic heterocycles. The fourth-order valence-electron chi connectivity index (χ4n) is 3.21. The summed E-state index contributed by atoms with van der Waals surface area (Å²) < 4.78 is 16.9. The Kier molecular flexibility index (Phi) is 6.76. The minimum absolute atomic E-state index is 0. The maximum Gasteiger partial charge on any atom is 0.214 e. The van der Waals surface area contributed by atoms with Gasteiger partial charge < -0.3 is 21.1 Å². The normalized spacial score (nSPS) is 21.9. The van der Waals surface area contributed by atoms with Gasteiger partial charge in [0.05, 0.1) is 14.2 Å². The molecule has 0 saturated heterocycles. The summed E-state index contributed by atoms with van der Waals surface area (Å²) in [4.78, 5) is 13.4. The standard InChI is InChI=1S/C20H19ClO4.Y/c1-12(2)20(13-9-7-5-6-8-10-13)19(22)16-14(23-3)11-15(24-4)17(21)18(16)25-20;/h5-8,11-12H,1,9H2,2-4H3;/q-2;/t12-,20-;/m0./s1. The van der Waals surface area contributed by atoms with Crippen LogP contribution in [0.1, 0.15) is 23.7 Å². The molecule has 1 heterocycles. The third-order valence-electron chi connectivity index (χ3n) is 4.48. The smallest absolute Gasteiger partial charge is 0.214 e. The number of allylic oxidation sites excluding steroid dienone is 5. The summed E-state index contributed by atoms with van der Waals surface area (Å²) in [5, 5.41) is 0.245. The second-order valence-electron chi connectivity index (χ2n) is 5.98. The van der Waals surface area contributed by atoms with E-state index in [-0.39, 0.29) is 55.2 Å². The van der Waals surface area contributed by atoms with E-state index in [0.29, 0.717) is 29.1 Å². The predicted molar refractivity (Wildman–Crippen MR) is 96.4 cm³/mol. The molecule has 1 aromatic rings.